The first-order valence-corrected chi connectivity index (χ1v) is 6.20. The van der Waals surface area contributed by atoms with Crippen LogP contribution in [0, 0.1) is 0 Å². The lowest BCUT2D eigenvalue weighted by atomic mass is 9.90. The zero-order valence-corrected chi connectivity index (χ0v) is 10.7. The molecule has 0 aliphatic carbocycles. The molecule has 1 heterocycles. The maximum absolute atomic E-state index is 10.8. The summed E-state index contributed by atoms with van der Waals surface area (Å²) in [5.74, 6) is 0.400. The Morgan fingerprint density at radius 1 is 1.42 bits per heavy atom. The Kier molecular flexibility index (Phi) is 4.18. The standard InChI is InChI=1S/C14H17N3O2/c1-2-11(12-14(15)17-8-16-12)13(19-9-18)10-6-4-3-5-7-10/h3-9,11,13H,2,15H2,1H3,(H,16,17). The van der Waals surface area contributed by atoms with Gasteiger partial charge < -0.3 is 15.5 Å². The van der Waals surface area contributed by atoms with Crippen molar-refractivity contribution in [2.45, 2.75) is 25.4 Å². The number of nitrogens with one attached hydrogen (secondary N) is 1. The normalized spacial score (nSPS) is 13.7. The Labute approximate surface area is 111 Å². The van der Waals surface area contributed by atoms with Gasteiger partial charge in [-0.3, -0.25) is 4.79 Å². The Hall–Kier alpha value is -2.30. The zero-order chi connectivity index (χ0) is 13.7. The van der Waals surface area contributed by atoms with Crippen molar-refractivity contribution in [2.75, 3.05) is 5.73 Å². The van der Waals surface area contributed by atoms with E-state index in [4.69, 9.17) is 10.5 Å². The molecule has 1 aromatic heterocycles. The number of anilines is 1. The average Bonchev–Trinajstić information content (AvgIpc) is 2.86. The van der Waals surface area contributed by atoms with Gasteiger partial charge >= 0.3 is 0 Å². The number of nitrogens with two attached hydrogens (primary N) is 1. The van der Waals surface area contributed by atoms with Crippen LogP contribution in [0.15, 0.2) is 36.7 Å². The monoisotopic (exact) mass is 259 g/mol. The molecule has 19 heavy (non-hydrogen) atoms. The summed E-state index contributed by atoms with van der Waals surface area (Å²) in [6.07, 6.45) is 1.96. The van der Waals surface area contributed by atoms with E-state index in [0.717, 1.165) is 17.7 Å². The van der Waals surface area contributed by atoms with E-state index in [0.29, 0.717) is 12.3 Å². The maximum atomic E-state index is 10.8. The number of aromatic nitrogens is 2. The van der Waals surface area contributed by atoms with Crippen LogP contribution in [0.4, 0.5) is 5.82 Å². The number of rotatable bonds is 6. The summed E-state index contributed by atoms with van der Waals surface area (Å²) in [6, 6.07) is 9.62. The highest BCUT2D eigenvalue weighted by Crippen LogP contribution is 2.36. The lowest BCUT2D eigenvalue weighted by Crippen LogP contribution is -2.15. The summed E-state index contributed by atoms with van der Waals surface area (Å²) < 4.78 is 5.28. The third-order valence-corrected chi connectivity index (χ3v) is 3.21. The largest absolute Gasteiger partial charge is 0.459 e. The minimum Gasteiger partial charge on any atom is -0.459 e. The van der Waals surface area contributed by atoms with E-state index in [-0.39, 0.29) is 12.0 Å². The van der Waals surface area contributed by atoms with Gasteiger partial charge in [0.25, 0.3) is 6.47 Å². The van der Waals surface area contributed by atoms with Gasteiger partial charge in [0.05, 0.1) is 12.0 Å². The van der Waals surface area contributed by atoms with Crippen molar-refractivity contribution in [2.24, 2.45) is 0 Å². The molecule has 2 atom stereocenters. The second-order valence-electron chi connectivity index (χ2n) is 4.28. The molecule has 2 rings (SSSR count). The Bertz CT molecular complexity index is 524. The van der Waals surface area contributed by atoms with E-state index in [9.17, 15) is 4.79 Å². The molecule has 0 amide bonds. The molecular weight excluding hydrogens is 242 g/mol. The highest BCUT2D eigenvalue weighted by molar-refractivity contribution is 5.42. The van der Waals surface area contributed by atoms with Crippen LogP contribution in [0.25, 0.3) is 0 Å². The highest BCUT2D eigenvalue weighted by atomic mass is 16.5. The quantitative estimate of drug-likeness (QED) is 0.780. The van der Waals surface area contributed by atoms with E-state index in [2.05, 4.69) is 9.97 Å². The molecule has 0 aliphatic rings. The van der Waals surface area contributed by atoms with Crippen molar-refractivity contribution >= 4 is 12.3 Å². The number of carbonyl (C=O) groups excluding carboxylic acids is 1. The van der Waals surface area contributed by atoms with Crippen LogP contribution in [-0.4, -0.2) is 16.4 Å². The minimum absolute atomic E-state index is 0.0462. The van der Waals surface area contributed by atoms with Gasteiger partial charge in [0.1, 0.15) is 11.9 Å². The molecule has 2 aromatic rings. The molecule has 0 fully saturated rings. The van der Waals surface area contributed by atoms with E-state index in [1.807, 2.05) is 37.3 Å². The second-order valence-corrected chi connectivity index (χ2v) is 4.28. The predicted octanol–water partition coefficient (Wildman–Crippen LogP) is 2.40. The summed E-state index contributed by atoms with van der Waals surface area (Å²) in [5.41, 5.74) is 7.59. The van der Waals surface area contributed by atoms with Gasteiger partial charge in [-0.05, 0) is 12.0 Å². The number of nitrogens with zero attached hydrogens (tertiary/aromatic N) is 1. The molecule has 2 unspecified atom stereocenters. The predicted molar refractivity (Wildman–Crippen MR) is 72.4 cm³/mol. The van der Waals surface area contributed by atoms with Gasteiger partial charge in [-0.15, -0.1) is 0 Å². The van der Waals surface area contributed by atoms with Gasteiger partial charge in [-0.1, -0.05) is 37.3 Å². The van der Waals surface area contributed by atoms with Crippen molar-refractivity contribution in [3.8, 4) is 0 Å². The molecule has 0 radical (unpaired) electrons. The smallest absolute Gasteiger partial charge is 0.293 e. The van der Waals surface area contributed by atoms with E-state index < -0.39 is 0 Å². The molecule has 0 saturated heterocycles. The fourth-order valence-corrected chi connectivity index (χ4v) is 2.29. The molecule has 0 saturated carbocycles. The highest BCUT2D eigenvalue weighted by Gasteiger charge is 2.27. The van der Waals surface area contributed by atoms with Crippen molar-refractivity contribution in [3.63, 3.8) is 0 Å². The van der Waals surface area contributed by atoms with Crippen molar-refractivity contribution in [1.29, 1.82) is 0 Å². The first-order chi connectivity index (χ1) is 9.27. The zero-order valence-electron chi connectivity index (χ0n) is 10.7. The molecule has 5 heteroatoms. The lowest BCUT2D eigenvalue weighted by Gasteiger charge is -2.24. The number of carbonyl (C=O) groups is 1. The van der Waals surface area contributed by atoms with Gasteiger partial charge in [-0.2, -0.15) is 0 Å². The average molecular weight is 259 g/mol. The van der Waals surface area contributed by atoms with Gasteiger partial charge in [0, 0.05) is 5.92 Å². The van der Waals surface area contributed by atoms with Crippen molar-refractivity contribution < 1.29 is 9.53 Å². The third-order valence-electron chi connectivity index (χ3n) is 3.21. The van der Waals surface area contributed by atoms with Crippen LogP contribution >= 0.6 is 0 Å². The second kappa shape index (κ2) is 6.04. The summed E-state index contributed by atoms with van der Waals surface area (Å²) in [5, 5.41) is 0. The molecule has 0 aliphatic heterocycles. The van der Waals surface area contributed by atoms with Gasteiger partial charge in [-0.25, -0.2) is 4.98 Å². The summed E-state index contributed by atoms with van der Waals surface area (Å²) >= 11 is 0. The Balaban J connectivity index is 2.37. The molecule has 100 valence electrons. The molecule has 5 nitrogen and oxygen atoms in total. The fraction of sp³-hybridized carbons (Fsp3) is 0.286. The van der Waals surface area contributed by atoms with Crippen LogP contribution in [0.3, 0.4) is 0 Å². The number of H-pyrrole nitrogens is 1. The number of benzene rings is 1. The number of hydrogen-bond donors (Lipinski definition) is 2. The number of ether oxygens (including phenoxy) is 1. The summed E-state index contributed by atoms with van der Waals surface area (Å²) in [6.45, 7) is 2.50. The maximum Gasteiger partial charge on any atom is 0.293 e. The van der Waals surface area contributed by atoms with Crippen LogP contribution < -0.4 is 5.73 Å². The van der Waals surface area contributed by atoms with Crippen LogP contribution in [0.2, 0.25) is 0 Å². The summed E-state index contributed by atoms with van der Waals surface area (Å²) in [4.78, 5) is 17.8. The molecular formula is C14H17N3O2. The number of imidazole rings is 1. The van der Waals surface area contributed by atoms with Gasteiger partial charge in [0.2, 0.25) is 0 Å². The number of aromatic amines is 1. The first kappa shape index (κ1) is 13.1. The SMILES string of the molecule is CCC(c1[nH]cnc1N)C(OC=O)c1ccccc1. The number of nitrogen functional groups attached to an aromatic ring is 1. The van der Waals surface area contributed by atoms with Crippen molar-refractivity contribution in [1.82, 2.24) is 9.97 Å². The number of hydrogen-bond acceptors (Lipinski definition) is 4. The van der Waals surface area contributed by atoms with E-state index >= 15 is 0 Å². The fourth-order valence-electron chi connectivity index (χ4n) is 2.29. The lowest BCUT2D eigenvalue weighted by molar-refractivity contribution is -0.135. The molecule has 0 bridgehead atoms. The van der Waals surface area contributed by atoms with Crippen molar-refractivity contribution in [3.05, 3.63) is 47.9 Å². The Morgan fingerprint density at radius 3 is 2.68 bits per heavy atom. The van der Waals surface area contributed by atoms with Crippen LogP contribution in [0.5, 0.6) is 0 Å². The van der Waals surface area contributed by atoms with Crippen LogP contribution in [0.1, 0.15) is 36.6 Å². The third kappa shape index (κ3) is 2.76. The van der Waals surface area contributed by atoms with E-state index in [1.54, 1.807) is 6.33 Å². The van der Waals surface area contributed by atoms with Gasteiger partial charge in [0.15, 0.2) is 0 Å². The molecule has 3 N–H and O–H groups in total. The minimum atomic E-state index is -0.369. The molecule has 0 spiro atoms. The topological polar surface area (TPSA) is 81.0 Å². The summed E-state index contributed by atoms with van der Waals surface area (Å²) in [7, 11) is 0. The molecule has 1 aromatic carbocycles. The van der Waals surface area contributed by atoms with Crippen LogP contribution in [-0.2, 0) is 9.53 Å². The first-order valence-electron chi connectivity index (χ1n) is 6.20. The van der Waals surface area contributed by atoms with E-state index in [1.165, 1.54) is 0 Å². The Morgan fingerprint density at radius 2 is 2.16 bits per heavy atom.